The third-order valence-corrected chi connectivity index (χ3v) is 2.68. The summed E-state index contributed by atoms with van der Waals surface area (Å²) in [5.74, 6) is -0.587. The number of anilines is 1. The number of nitrogens with zero attached hydrogens (tertiary/aromatic N) is 1. The van der Waals surface area contributed by atoms with Gasteiger partial charge in [-0.15, -0.1) is 0 Å². The van der Waals surface area contributed by atoms with Gasteiger partial charge in [-0.05, 0) is 18.2 Å². The van der Waals surface area contributed by atoms with Crippen LogP contribution in [0.25, 0.3) is 11.0 Å². The molecule has 2 aromatic rings. The maximum absolute atomic E-state index is 11.6. The lowest BCUT2D eigenvalue weighted by Crippen LogP contribution is -2.30. The third kappa shape index (κ3) is 2.23. The Kier molecular flexibility index (Phi) is 3.36. The molecule has 1 aromatic heterocycles. The minimum atomic E-state index is -0.797. The van der Waals surface area contributed by atoms with Crippen molar-refractivity contribution in [3.8, 4) is 0 Å². The molecule has 0 saturated heterocycles. The number of benzene rings is 1. The summed E-state index contributed by atoms with van der Waals surface area (Å²) in [6.07, 6.45) is 0.0780. The molecular weight excluding hydrogens is 258 g/mol. The van der Waals surface area contributed by atoms with Crippen molar-refractivity contribution in [1.82, 2.24) is 0 Å². The van der Waals surface area contributed by atoms with E-state index in [-0.39, 0.29) is 12.1 Å². The lowest BCUT2D eigenvalue weighted by molar-refractivity contribution is -0.123. The average Bonchev–Trinajstić information content (AvgIpc) is 2.36. The standard InChI is InChI=1S/C12H10ClNO4/c1-2-11(15)14(17)9-5-7-3-4-8(13)6-10(7)18-12(9)16/h3-6,17H,2H2,1H3. The van der Waals surface area contributed by atoms with E-state index in [1.807, 2.05) is 0 Å². The van der Waals surface area contributed by atoms with Crippen LogP contribution in [-0.2, 0) is 4.79 Å². The molecule has 1 aromatic carbocycles. The molecule has 6 heteroatoms. The van der Waals surface area contributed by atoms with Crippen molar-refractivity contribution in [2.24, 2.45) is 0 Å². The normalized spacial score (nSPS) is 10.6. The van der Waals surface area contributed by atoms with Crippen LogP contribution in [0.4, 0.5) is 5.69 Å². The van der Waals surface area contributed by atoms with Gasteiger partial charge in [-0.2, -0.15) is 5.06 Å². The number of fused-ring (bicyclic) bond motifs is 1. The van der Waals surface area contributed by atoms with Gasteiger partial charge < -0.3 is 4.42 Å². The van der Waals surface area contributed by atoms with Gasteiger partial charge in [-0.1, -0.05) is 18.5 Å². The Hall–Kier alpha value is -1.85. The summed E-state index contributed by atoms with van der Waals surface area (Å²) < 4.78 is 5.00. The summed E-state index contributed by atoms with van der Waals surface area (Å²) in [5, 5.41) is 10.9. The van der Waals surface area contributed by atoms with Crippen molar-refractivity contribution in [2.45, 2.75) is 13.3 Å². The molecule has 18 heavy (non-hydrogen) atoms. The number of carbonyl (C=O) groups excluding carboxylic acids is 1. The maximum atomic E-state index is 11.6. The molecule has 0 unspecified atom stereocenters. The highest BCUT2D eigenvalue weighted by molar-refractivity contribution is 6.31. The van der Waals surface area contributed by atoms with Gasteiger partial charge in [-0.3, -0.25) is 10.0 Å². The molecule has 5 nitrogen and oxygen atoms in total. The second kappa shape index (κ2) is 4.80. The van der Waals surface area contributed by atoms with Crippen LogP contribution in [0.2, 0.25) is 5.02 Å². The first kappa shape index (κ1) is 12.6. The molecule has 94 valence electrons. The number of hydrogen-bond donors (Lipinski definition) is 1. The smallest absolute Gasteiger partial charge is 0.362 e. The van der Waals surface area contributed by atoms with Crippen molar-refractivity contribution in [3.05, 3.63) is 39.7 Å². The molecule has 0 aliphatic heterocycles. The van der Waals surface area contributed by atoms with E-state index in [2.05, 4.69) is 0 Å². The van der Waals surface area contributed by atoms with Gasteiger partial charge in [0.1, 0.15) is 5.58 Å². The van der Waals surface area contributed by atoms with E-state index in [4.69, 9.17) is 16.0 Å². The first-order valence-corrected chi connectivity index (χ1v) is 5.66. The molecular formula is C12H10ClNO4. The van der Waals surface area contributed by atoms with E-state index in [1.54, 1.807) is 19.1 Å². The van der Waals surface area contributed by atoms with Gasteiger partial charge in [0, 0.05) is 22.9 Å². The zero-order valence-electron chi connectivity index (χ0n) is 9.51. The topological polar surface area (TPSA) is 70.8 Å². The number of rotatable bonds is 2. The second-order valence-electron chi connectivity index (χ2n) is 3.66. The molecule has 0 atom stereocenters. The predicted octanol–water partition coefficient (Wildman–Crippen LogP) is 2.58. The number of halogens is 1. The van der Waals surface area contributed by atoms with Crippen molar-refractivity contribution in [3.63, 3.8) is 0 Å². The first-order valence-electron chi connectivity index (χ1n) is 5.28. The van der Waals surface area contributed by atoms with Crippen LogP contribution >= 0.6 is 11.6 Å². The van der Waals surface area contributed by atoms with Gasteiger partial charge in [0.15, 0.2) is 5.69 Å². The minimum absolute atomic E-state index is 0.0780. The van der Waals surface area contributed by atoms with Crippen LogP contribution in [-0.4, -0.2) is 11.1 Å². The summed E-state index contributed by atoms with van der Waals surface area (Å²) in [6.45, 7) is 1.58. The number of hydrogen-bond acceptors (Lipinski definition) is 4. The molecule has 1 amide bonds. The molecule has 0 saturated carbocycles. The highest BCUT2D eigenvalue weighted by Gasteiger charge is 2.16. The summed E-state index contributed by atoms with van der Waals surface area (Å²) >= 11 is 5.77. The van der Waals surface area contributed by atoms with Gasteiger partial charge >= 0.3 is 5.63 Å². The van der Waals surface area contributed by atoms with Gasteiger partial charge in [-0.25, -0.2) is 4.79 Å². The summed E-state index contributed by atoms with van der Waals surface area (Å²) in [6, 6.07) is 6.13. The first-order chi connectivity index (χ1) is 8.52. The highest BCUT2D eigenvalue weighted by atomic mass is 35.5. The molecule has 1 N–H and O–H groups in total. The fraction of sp³-hybridized carbons (Fsp3) is 0.167. The Bertz CT molecular complexity index is 665. The number of carbonyl (C=O) groups is 1. The fourth-order valence-electron chi connectivity index (χ4n) is 1.51. The van der Waals surface area contributed by atoms with Crippen LogP contribution in [0.1, 0.15) is 13.3 Å². The van der Waals surface area contributed by atoms with Crippen LogP contribution in [0, 0.1) is 0 Å². The Morgan fingerprint density at radius 2 is 2.17 bits per heavy atom. The molecule has 0 bridgehead atoms. The SMILES string of the molecule is CCC(=O)N(O)c1cc2ccc(Cl)cc2oc1=O. The summed E-state index contributed by atoms with van der Waals surface area (Å²) in [5.41, 5.74) is -0.709. The molecule has 2 rings (SSSR count). The zero-order chi connectivity index (χ0) is 13.3. The Balaban J connectivity index is 2.60. The molecule has 0 radical (unpaired) electrons. The monoisotopic (exact) mass is 267 g/mol. The van der Waals surface area contributed by atoms with Gasteiger partial charge in [0.05, 0.1) is 0 Å². The fourth-order valence-corrected chi connectivity index (χ4v) is 1.67. The maximum Gasteiger partial charge on any atom is 0.362 e. The number of hydroxylamine groups is 1. The lowest BCUT2D eigenvalue weighted by atomic mass is 10.2. The van der Waals surface area contributed by atoms with E-state index in [0.29, 0.717) is 21.1 Å². The van der Waals surface area contributed by atoms with E-state index < -0.39 is 11.5 Å². The molecule has 0 aliphatic carbocycles. The highest BCUT2D eigenvalue weighted by Crippen LogP contribution is 2.21. The minimum Gasteiger partial charge on any atom is -0.421 e. The quantitative estimate of drug-likeness (QED) is 0.516. The second-order valence-corrected chi connectivity index (χ2v) is 4.10. The summed E-state index contributed by atoms with van der Waals surface area (Å²) in [7, 11) is 0. The third-order valence-electron chi connectivity index (χ3n) is 2.45. The lowest BCUT2D eigenvalue weighted by Gasteiger charge is -2.12. The molecule has 1 heterocycles. The largest absolute Gasteiger partial charge is 0.421 e. The van der Waals surface area contributed by atoms with E-state index >= 15 is 0 Å². The van der Waals surface area contributed by atoms with Crippen molar-refractivity contribution >= 4 is 34.2 Å². The van der Waals surface area contributed by atoms with Gasteiger partial charge in [0.25, 0.3) is 5.91 Å². The average molecular weight is 268 g/mol. The van der Waals surface area contributed by atoms with E-state index in [1.165, 1.54) is 12.1 Å². The van der Waals surface area contributed by atoms with Crippen molar-refractivity contribution in [1.29, 1.82) is 0 Å². The zero-order valence-corrected chi connectivity index (χ0v) is 10.3. The summed E-state index contributed by atoms with van der Waals surface area (Å²) in [4.78, 5) is 23.0. The van der Waals surface area contributed by atoms with Gasteiger partial charge in [0.2, 0.25) is 0 Å². The van der Waals surface area contributed by atoms with E-state index in [0.717, 1.165) is 0 Å². The molecule has 0 fully saturated rings. The molecule has 0 aliphatic rings. The van der Waals surface area contributed by atoms with Crippen LogP contribution < -0.4 is 10.7 Å². The van der Waals surface area contributed by atoms with Crippen molar-refractivity contribution in [2.75, 3.05) is 5.06 Å². The Labute approximate surface area is 107 Å². The molecule has 0 spiro atoms. The predicted molar refractivity (Wildman–Crippen MR) is 67.1 cm³/mol. The van der Waals surface area contributed by atoms with Crippen LogP contribution in [0.5, 0.6) is 0 Å². The van der Waals surface area contributed by atoms with E-state index in [9.17, 15) is 14.8 Å². The number of amides is 1. The Morgan fingerprint density at radius 3 is 2.83 bits per heavy atom. The van der Waals surface area contributed by atoms with Crippen LogP contribution in [0.15, 0.2) is 33.5 Å². The van der Waals surface area contributed by atoms with Crippen LogP contribution in [0.3, 0.4) is 0 Å². The Morgan fingerprint density at radius 1 is 1.44 bits per heavy atom. The van der Waals surface area contributed by atoms with Crippen molar-refractivity contribution < 1.29 is 14.4 Å².